The fourth-order valence-electron chi connectivity index (χ4n) is 0. The van der Waals surface area contributed by atoms with Crippen molar-refractivity contribution in [1.29, 1.82) is 0 Å². The van der Waals surface area contributed by atoms with Crippen molar-refractivity contribution in [2.75, 3.05) is 0 Å². The number of primary amides is 2. The number of hydrogen-bond donors (Lipinski definition) is 3. The number of amides is 2. The van der Waals surface area contributed by atoms with Crippen LogP contribution in [0.25, 0.3) is 0 Å². The van der Waals surface area contributed by atoms with Gasteiger partial charge in [0.25, 0.3) is 0 Å². The van der Waals surface area contributed by atoms with Gasteiger partial charge in [-0.1, -0.05) is 0 Å². The molecule has 0 saturated heterocycles. The maximum atomic E-state index is 9.00. The monoisotopic (exact) mass is 119 g/mol. The molecule has 0 aliphatic rings. The Morgan fingerprint density at radius 2 is 1.88 bits per heavy atom. The topological polar surface area (TPSA) is 102 Å². The first kappa shape index (κ1) is 9.88. The van der Waals surface area contributed by atoms with Gasteiger partial charge in [0.15, 0.2) is 0 Å². The van der Waals surface area contributed by atoms with Gasteiger partial charge >= 0.3 is 6.03 Å². The van der Waals surface area contributed by atoms with Crippen molar-refractivity contribution in [1.82, 2.24) is 0 Å². The first-order valence-electron chi connectivity index (χ1n) is 1.82. The van der Waals surface area contributed by atoms with Gasteiger partial charge in [-0.3, -0.25) is 0 Å². The van der Waals surface area contributed by atoms with Gasteiger partial charge in [0, 0.05) is 6.21 Å². The molecule has 0 bridgehead atoms. The fourth-order valence-corrected chi connectivity index (χ4v) is 0. The molecule has 5 N–H and O–H groups in total. The molecule has 0 aliphatic carbocycles. The van der Waals surface area contributed by atoms with Crippen LogP contribution in [0.4, 0.5) is 4.79 Å². The predicted octanol–water partition coefficient (Wildman–Crippen LogP) is -0.510. The molecule has 0 unspecified atom stereocenters. The van der Waals surface area contributed by atoms with Crippen molar-refractivity contribution >= 4 is 12.2 Å². The van der Waals surface area contributed by atoms with Crippen LogP contribution in [0.3, 0.4) is 0 Å². The van der Waals surface area contributed by atoms with E-state index in [1.807, 2.05) is 0 Å². The second-order valence-electron chi connectivity index (χ2n) is 0.776. The Morgan fingerprint density at radius 3 is 1.88 bits per heavy atom. The van der Waals surface area contributed by atoms with Crippen LogP contribution in [-0.4, -0.2) is 17.5 Å². The molecule has 0 spiro atoms. The predicted molar refractivity (Wildman–Crippen MR) is 29.7 cm³/mol. The standard InChI is InChI=1S/C2H5NO.CH4N2O/c1-2-3-4;2-1(3)4/h2,4H,1H3;(H4,2,3,4)/b3-2+;. The second-order valence-corrected chi connectivity index (χ2v) is 0.776. The Morgan fingerprint density at radius 1 is 1.75 bits per heavy atom. The van der Waals surface area contributed by atoms with E-state index in [0.29, 0.717) is 0 Å². The molecule has 0 aromatic heterocycles. The highest BCUT2D eigenvalue weighted by atomic mass is 16.4. The quantitative estimate of drug-likeness (QED) is 0.227. The smallest absolute Gasteiger partial charge is 0.309 e. The minimum absolute atomic E-state index is 0.833. The molecule has 0 radical (unpaired) electrons. The van der Waals surface area contributed by atoms with E-state index in [9.17, 15) is 0 Å². The van der Waals surface area contributed by atoms with Crippen molar-refractivity contribution in [2.24, 2.45) is 16.6 Å². The van der Waals surface area contributed by atoms with Gasteiger partial charge in [-0.05, 0) is 6.92 Å². The summed E-state index contributed by atoms with van der Waals surface area (Å²) in [7, 11) is 0. The Kier molecular flexibility index (Phi) is 11.4. The molecule has 8 heavy (non-hydrogen) atoms. The van der Waals surface area contributed by atoms with Gasteiger partial charge in [0.2, 0.25) is 0 Å². The van der Waals surface area contributed by atoms with Crippen LogP contribution in [0.15, 0.2) is 5.16 Å². The SMILES string of the molecule is C/C=N/O.NC(N)=O. The lowest BCUT2D eigenvalue weighted by molar-refractivity contribution is 0.256. The molecule has 0 saturated carbocycles. The lowest BCUT2D eigenvalue weighted by Crippen LogP contribution is -2.18. The normalized spacial score (nSPS) is 7.62. The number of carbonyl (C=O) groups is 1. The molecular formula is C3H9N3O2. The number of carbonyl (C=O) groups excluding carboxylic acids is 1. The summed E-state index contributed by atoms with van der Waals surface area (Å²) in [6.07, 6.45) is 1.31. The number of oxime groups is 1. The molecule has 2 amide bonds. The maximum absolute atomic E-state index is 9.00. The third-order valence-corrected chi connectivity index (χ3v) is 0.115. The van der Waals surface area contributed by atoms with E-state index in [4.69, 9.17) is 10.0 Å². The summed E-state index contributed by atoms with van der Waals surface area (Å²) in [5.41, 5.74) is 8.50. The van der Waals surface area contributed by atoms with Crippen molar-refractivity contribution in [3.63, 3.8) is 0 Å². The van der Waals surface area contributed by atoms with Gasteiger partial charge in [-0.2, -0.15) is 0 Å². The van der Waals surface area contributed by atoms with E-state index in [1.165, 1.54) is 6.21 Å². The highest BCUT2D eigenvalue weighted by Crippen LogP contribution is 1.38. The highest BCUT2D eigenvalue weighted by molar-refractivity contribution is 5.69. The lowest BCUT2D eigenvalue weighted by atomic mass is 10.9. The fraction of sp³-hybridized carbons (Fsp3) is 0.333. The minimum atomic E-state index is -0.833. The summed E-state index contributed by atoms with van der Waals surface area (Å²) < 4.78 is 0. The van der Waals surface area contributed by atoms with Gasteiger partial charge in [-0.25, -0.2) is 4.79 Å². The van der Waals surface area contributed by atoms with Crippen LogP contribution < -0.4 is 11.5 Å². The Bertz CT molecular complexity index is 72.6. The van der Waals surface area contributed by atoms with Gasteiger partial charge in [0.05, 0.1) is 0 Å². The zero-order chi connectivity index (χ0) is 6.99. The van der Waals surface area contributed by atoms with E-state index in [1.54, 1.807) is 6.92 Å². The summed E-state index contributed by atoms with van der Waals surface area (Å²) in [6.45, 7) is 1.64. The van der Waals surface area contributed by atoms with Gasteiger partial charge in [-0.15, -0.1) is 5.16 Å². The highest BCUT2D eigenvalue weighted by Gasteiger charge is 1.60. The zero-order valence-corrected chi connectivity index (χ0v) is 4.53. The summed E-state index contributed by atoms with van der Waals surface area (Å²) in [5, 5.41) is 10.1. The van der Waals surface area contributed by atoms with Crippen molar-refractivity contribution in [3.05, 3.63) is 0 Å². The van der Waals surface area contributed by atoms with Gasteiger partial charge < -0.3 is 16.7 Å². The van der Waals surface area contributed by atoms with Crippen LogP contribution in [0, 0.1) is 0 Å². The van der Waals surface area contributed by atoms with Crippen molar-refractivity contribution in [3.8, 4) is 0 Å². The molecule has 0 aromatic rings. The molecular weight excluding hydrogens is 110 g/mol. The minimum Gasteiger partial charge on any atom is -0.411 e. The Balaban J connectivity index is 0. The average Bonchev–Trinajstić information content (AvgIpc) is 1.65. The molecule has 0 fully saturated rings. The maximum Gasteiger partial charge on any atom is 0.309 e. The Labute approximate surface area is 47.0 Å². The largest absolute Gasteiger partial charge is 0.411 e. The van der Waals surface area contributed by atoms with Crippen molar-refractivity contribution in [2.45, 2.75) is 6.92 Å². The zero-order valence-electron chi connectivity index (χ0n) is 4.53. The van der Waals surface area contributed by atoms with Crippen LogP contribution >= 0.6 is 0 Å². The van der Waals surface area contributed by atoms with Crippen LogP contribution in [0.2, 0.25) is 0 Å². The third kappa shape index (κ3) is 981. The number of hydrogen-bond acceptors (Lipinski definition) is 3. The van der Waals surface area contributed by atoms with E-state index < -0.39 is 6.03 Å². The van der Waals surface area contributed by atoms with E-state index >= 15 is 0 Å². The molecule has 5 heteroatoms. The molecule has 0 rings (SSSR count). The van der Waals surface area contributed by atoms with E-state index in [-0.39, 0.29) is 0 Å². The molecule has 48 valence electrons. The van der Waals surface area contributed by atoms with Gasteiger partial charge in [0.1, 0.15) is 0 Å². The average molecular weight is 119 g/mol. The summed E-state index contributed by atoms with van der Waals surface area (Å²) in [6, 6.07) is -0.833. The first-order chi connectivity index (χ1) is 3.65. The Hall–Kier alpha value is -1.26. The molecule has 0 aromatic carbocycles. The molecule has 0 atom stereocenters. The summed E-state index contributed by atoms with van der Waals surface area (Å²) >= 11 is 0. The third-order valence-electron chi connectivity index (χ3n) is 0.115. The molecule has 0 aliphatic heterocycles. The number of nitrogens with two attached hydrogens (primary N) is 2. The lowest BCUT2D eigenvalue weighted by Gasteiger charge is -1.62. The molecule has 0 heterocycles. The van der Waals surface area contributed by atoms with Crippen LogP contribution in [-0.2, 0) is 0 Å². The summed E-state index contributed by atoms with van der Waals surface area (Å²) in [4.78, 5) is 9.00. The van der Waals surface area contributed by atoms with E-state index in [0.717, 1.165) is 0 Å². The van der Waals surface area contributed by atoms with Crippen LogP contribution in [0.5, 0.6) is 0 Å². The van der Waals surface area contributed by atoms with Crippen LogP contribution in [0.1, 0.15) is 6.92 Å². The number of urea groups is 1. The van der Waals surface area contributed by atoms with Crippen molar-refractivity contribution < 1.29 is 10.0 Å². The number of rotatable bonds is 0. The first-order valence-corrected chi connectivity index (χ1v) is 1.82. The second kappa shape index (κ2) is 9.22. The summed E-state index contributed by atoms with van der Waals surface area (Å²) in [5.74, 6) is 0. The van der Waals surface area contributed by atoms with E-state index in [2.05, 4.69) is 16.6 Å². The molecule has 5 nitrogen and oxygen atoms in total. The number of nitrogens with zero attached hydrogens (tertiary/aromatic N) is 1.